The number of hydrogen-bond donors (Lipinski definition) is 0. The average Bonchev–Trinajstić information content (AvgIpc) is 2.59. The van der Waals surface area contributed by atoms with Crippen LogP contribution in [0.3, 0.4) is 0 Å². The maximum Gasteiger partial charge on any atom is 0.386 e. The van der Waals surface area contributed by atoms with E-state index in [0.717, 1.165) is 11.1 Å². The third kappa shape index (κ3) is 4.42. The van der Waals surface area contributed by atoms with E-state index in [1.165, 1.54) is 0 Å². The molecule has 114 valence electrons. The van der Waals surface area contributed by atoms with Crippen molar-refractivity contribution in [2.45, 2.75) is 10.7 Å². The average molecular weight is 428 g/mol. The summed E-state index contributed by atoms with van der Waals surface area (Å²) in [5, 5.41) is 1.39. The van der Waals surface area contributed by atoms with Gasteiger partial charge in [0.25, 0.3) is 0 Å². The quantitative estimate of drug-likeness (QED) is 0.412. The van der Waals surface area contributed by atoms with Gasteiger partial charge in [-0.25, -0.2) is 19.4 Å². The van der Waals surface area contributed by atoms with Gasteiger partial charge in [-0.05, 0) is 35.4 Å². The molecule has 0 amide bonds. The summed E-state index contributed by atoms with van der Waals surface area (Å²) < 4.78 is 0. The molecule has 0 unspecified atom stereocenters. The lowest BCUT2D eigenvalue weighted by Gasteiger charge is -2.04. The van der Waals surface area contributed by atoms with Gasteiger partial charge >= 0.3 is 11.9 Å². The number of benzene rings is 2. The minimum Gasteiger partial charge on any atom is -0.242 e. The third-order valence-corrected chi connectivity index (χ3v) is 4.18. The first-order valence-electron chi connectivity index (χ1n) is 6.37. The van der Waals surface area contributed by atoms with Gasteiger partial charge in [0, 0.05) is 10.7 Å². The number of rotatable bonds is 4. The molecule has 2 aromatic rings. The van der Waals surface area contributed by atoms with Crippen LogP contribution in [0.25, 0.3) is 0 Å². The van der Waals surface area contributed by atoms with Crippen LogP contribution in [-0.4, -0.2) is 11.9 Å². The summed E-state index contributed by atoms with van der Waals surface area (Å²) in [5.41, 5.74) is 2.68. The molecule has 0 saturated carbocycles. The molecule has 0 aliphatic heterocycles. The molecule has 0 aliphatic carbocycles. The Morgan fingerprint density at radius 2 is 1.00 bits per heavy atom. The minimum absolute atomic E-state index is 0.312. The fourth-order valence-electron chi connectivity index (χ4n) is 1.63. The highest BCUT2D eigenvalue weighted by Crippen LogP contribution is 2.11. The Bertz CT molecular complexity index is 591. The topological polar surface area (TPSA) is 52.6 Å². The monoisotopic (exact) mass is 426 g/mol. The van der Waals surface area contributed by atoms with Gasteiger partial charge in [-0.2, -0.15) is 0 Å². The summed E-state index contributed by atoms with van der Waals surface area (Å²) in [5.74, 6) is -1.43. The predicted molar refractivity (Wildman–Crippen MR) is 89.0 cm³/mol. The van der Waals surface area contributed by atoms with Crippen LogP contribution in [0.2, 0.25) is 0 Å². The second-order valence-corrected chi connectivity index (χ2v) is 5.52. The fraction of sp³-hybridized carbons (Fsp3) is 0.125. The first-order valence-corrected chi connectivity index (χ1v) is 8.61. The highest BCUT2D eigenvalue weighted by molar-refractivity contribution is 9.08. The van der Waals surface area contributed by atoms with E-state index in [-0.39, 0.29) is 0 Å². The summed E-state index contributed by atoms with van der Waals surface area (Å²) in [4.78, 5) is 32.7. The van der Waals surface area contributed by atoms with Crippen LogP contribution in [0.15, 0.2) is 48.5 Å². The second kappa shape index (κ2) is 8.10. The van der Waals surface area contributed by atoms with Gasteiger partial charge in [0.15, 0.2) is 0 Å². The Kier molecular flexibility index (Phi) is 6.15. The molecule has 0 atom stereocenters. The lowest BCUT2D eigenvalue weighted by atomic mass is 10.1. The zero-order valence-corrected chi connectivity index (χ0v) is 14.6. The smallest absolute Gasteiger partial charge is 0.242 e. The Morgan fingerprint density at radius 1 is 0.682 bits per heavy atom. The van der Waals surface area contributed by atoms with Crippen molar-refractivity contribution in [1.29, 1.82) is 0 Å². The zero-order valence-electron chi connectivity index (χ0n) is 11.4. The zero-order chi connectivity index (χ0) is 15.9. The van der Waals surface area contributed by atoms with Crippen molar-refractivity contribution < 1.29 is 19.4 Å². The summed E-state index contributed by atoms with van der Waals surface area (Å²) in [6.07, 6.45) is 0. The number of carbonyl (C=O) groups excluding carboxylic acids is 2. The Balaban J connectivity index is 1.92. The molecule has 0 spiro atoms. The van der Waals surface area contributed by atoms with Crippen LogP contribution < -0.4 is 0 Å². The number of alkyl halides is 2. The predicted octanol–water partition coefficient (Wildman–Crippen LogP) is 4.41. The van der Waals surface area contributed by atoms with Crippen LogP contribution in [0.4, 0.5) is 0 Å². The Hall–Kier alpha value is -1.66. The van der Waals surface area contributed by atoms with Crippen molar-refractivity contribution in [3.05, 3.63) is 70.8 Å². The van der Waals surface area contributed by atoms with E-state index in [4.69, 9.17) is 0 Å². The van der Waals surface area contributed by atoms with Crippen LogP contribution >= 0.6 is 31.9 Å². The van der Waals surface area contributed by atoms with Gasteiger partial charge in [0.2, 0.25) is 0 Å². The normalized spacial score (nSPS) is 10.1. The molecule has 0 heterocycles. The van der Waals surface area contributed by atoms with E-state index >= 15 is 0 Å². The van der Waals surface area contributed by atoms with Crippen molar-refractivity contribution in [3.8, 4) is 0 Å². The maximum atomic E-state index is 11.8. The van der Waals surface area contributed by atoms with Crippen molar-refractivity contribution in [2.24, 2.45) is 0 Å². The molecule has 2 rings (SSSR count). The van der Waals surface area contributed by atoms with E-state index in [2.05, 4.69) is 41.6 Å². The SMILES string of the molecule is O=C(OOC(=O)c1ccc(CBr)cc1)c1ccc(CBr)cc1. The molecule has 0 aliphatic rings. The van der Waals surface area contributed by atoms with Crippen molar-refractivity contribution in [2.75, 3.05) is 0 Å². The molecular weight excluding hydrogens is 416 g/mol. The molecule has 22 heavy (non-hydrogen) atoms. The van der Waals surface area contributed by atoms with Crippen molar-refractivity contribution >= 4 is 43.8 Å². The molecule has 0 aromatic heterocycles. The Labute approximate surface area is 144 Å². The fourth-order valence-corrected chi connectivity index (χ4v) is 2.38. The standard InChI is InChI=1S/C16H12Br2O4/c17-9-11-1-5-13(6-2-11)15(19)21-22-16(20)14-7-3-12(10-18)4-8-14/h1-8H,9-10H2. The molecule has 2 aromatic carbocycles. The van der Waals surface area contributed by atoms with Gasteiger partial charge in [-0.3, -0.25) is 0 Å². The van der Waals surface area contributed by atoms with Crippen LogP contribution in [0.5, 0.6) is 0 Å². The molecule has 0 fully saturated rings. The molecular formula is C16H12Br2O4. The number of halogens is 2. The van der Waals surface area contributed by atoms with Gasteiger partial charge < -0.3 is 0 Å². The molecule has 0 bridgehead atoms. The second-order valence-electron chi connectivity index (χ2n) is 4.40. The van der Waals surface area contributed by atoms with E-state index in [0.29, 0.717) is 21.8 Å². The number of carbonyl (C=O) groups is 2. The van der Waals surface area contributed by atoms with Crippen molar-refractivity contribution in [1.82, 2.24) is 0 Å². The lowest BCUT2D eigenvalue weighted by Crippen LogP contribution is -2.11. The van der Waals surface area contributed by atoms with Gasteiger partial charge in [0.1, 0.15) is 0 Å². The van der Waals surface area contributed by atoms with Gasteiger partial charge in [-0.1, -0.05) is 56.1 Å². The highest BCUT2D eigenvalue weighted by atomic mass is 79.9. The molecule has 0 N–H and O–H groups in total. The number of hydrogen-bond acceptors (Lipinski definition) is 4. The largest absolute Gasteiger partial charge is 0.386 e. The lowest BCUT2D eigenvalue weighted by molar-refractivity contribution is -0.187. The van der Waals surface area contributed by atoms with Crippen molar-refractivity contribution in [3.63, 3.8) is 0 Å². The first kappa shape index (κ1) is 16.7. The summed E-state index contributed by atoms with van der Waals surface area (Å²) in [6.45, 7) is 0. The van der Waals surface area contributed by atoms with Crippen LogP contribution in [0, 0.1) is 0 Å². The minimum atomic E-state index is -0.716. The van der Waals surface area contributed by atoms with Gasteiger partial charge in [-0.15, -0.1) is 0 Å². The van der Waals surface area contributed by atoms with E-state index in [1.807, 2.05) is 0 Å². The van der Waals surface area contributed by atoms with Crippen LogP contribution in [0.1, 0.15) is 31.8 Å². The molecule has 0 radical (unpaired) electrons. The Morgan fingerprint density at radius 3 is 1.27 bits per heavy atom. The summed E-state index contributed by atoms with van der Waals surface area (Å²) in [7, 11) is 0. The molecule has 4 nitrogen and oxygen atoms in total. The van der Waals surface area contributed by atoms with E-state index in [9.17, 15) is 9.59 Å². The summed E-state index contributed by atoms with van der Waals surface area (Å²) >= 11 is 6.63. The molecule has 0 saturated heterocycles. The van der Waals surface area contributed by atoms with E-state index < -0.39 is 11.9 Å². The van der Waals surface area contributed by atoms with E-state index in [1.54, 1.807) is 48.5 Å². The van der Waals surface area contributed by atoms with Crippen LogP contribution in [-0.2, 0) is 20.4 Å². The summed E-state index contributed by atoms with van der Waals surface area (Å²) in [6, 6.07) is 13.6. The van der Waals surface area contributed by atoms with Gasteiger partial charge in [0.05, 0.1) is 11.1 Å². The third-order valence-electron chi connectivity index (χ3n) is 2.88. The molecule has 6 heteroatoms. The highest BCUT2D eigenvalue weighted by Gasteiger charge is 2.14. The maximum absolute atomic E-state index is 11.8. The first-order chi connectivity index (χ1) is 10.6.